The van der Waals surface area contributed by atoms with Gasteiger partial charge in [0.05, 0.1) is 18.8 Å². The van der Waals surface area contributed by atoms with Crippen molar-refractivity contribution in [2.75, 3.05) is 26.4 Å². The lowest BCUT2D eigenvalue weighted by atomic mass is 10.1. The fourth-order valence-corrected chi connectivity index (χ4v) is 1.39. The summed E-state index contributed by atoms with van der Waals surface area (Å²) >= 11 is 0. The van der Waals surface area contributed by atoms with E-state index in [4.69, 9.17) is 14.9 Å². The maximum atomic E-state index is 13.4. The monoisotopic (exact) mass is 293 g/mol. The van der Waals surface area contributed by atoms with Crippen molar-refractivity contribution >= 4 is 5.91 Å². The topological polar surface area (TPSA) is 78.8 Å². The highest BCUT2D eigenvalue weighted by molar-refractivity contribution is 5.94. The first-order chi connectivity index (χ1) is 9.49. The van der Waals surface area contributed by atoms with E-state index < -0.39 is 34.7 Å². The Kier molecular flexibility index (Phi) is 6.26. The Morgan fingerprint density at radius 1 is 1.25 bits per heavy atom. The first-order valence-electron chi connectivity index (χ1n) is 5.82. The molecule has 0 radical (unpaired) electrons. The van der Waals surface area contributed by atoms with Crippen molar-refractivity contribution in [3.8, 4) is 5.75 Å². The van der Waals surface area contributed by atoms with E-state index >= 15 is 0 Å². The minimum absolute atomic E-state index is 0.115. The van der Waals surface area contributed by atoms with Gasteiger partial charge in [-0.25, -0.2) is 8.78 Å². The van der Waals surface area contributed by atoms with Crippen molar-refractivity contribution in [3.05, 3.63) is 29.1 Å². The number of carbonyl (C=O) groups excluding carboxylic acids is 1. The van der Waals surface area contributed by atoms with Gasteiger partial charge in [-0.1, -0.05) is 0 Å². The van der Waals surface area contributed by atoms with Crippen molar-refractivity contribution in [2.45, 2.75) is 6.42 Å². The Morgan fingerprint density at radius 2 is 1.95 bits per heavy atom. The summed E-state index contributed by atoms with van der Waals surface area (Å²) < 4.78 is 44.1. The number of phenols is 1. The molecule has 0 atom stereocenters. The van der Waals surface area contributed by atoms with Crippen LogP contribution in [-0.2, 0) is 4.74 Å². The molecule has 20 heavy (non-hydrogen) atoms. The van der Waals surface area contributed by atoms with Crippen LogP contribution in [-0.4, -0.2) is 42.5 Å². The molecule has 0 fully saturated rings. The maximum absolute atomic E-state index is 13.4. The van der Waals surface area contributed by atoms with Gasteiger partial charge in [0.2, 0.25) is 5.82 Å². The van der Waals surface area contributed by atoms with E-state index in [1.165, 1.54) is 0 Å². The number of aliphatic hydroxyl groups is 1. The number of phenolic OH excluding ortho intramolecular Hbond substituents is 1. The summed E-state index contributed by atoms with van der Waals surface area (Å²) in [5.41, 5.74) is -0.780. The molecule has 5 nitrogen and oxygen atoms in total. The molecule has 0 aliphatic heterocycles. The van der Waals surface area contributed by atoms with Crippen LogP contribution in [0.25, 0.3) is 0 Å². The van der Waals surface area contributed by atoms with Crippen molar-refractivity contribution in [1.82, 2.24) is 5.32 Å². The van der Waals surface area contributed by atoms with Crippen LogP contribution in [0.2, 0.25) is 0 Å². The van der Waals surface area contributed by atoms with Crippen LogP contribution in [0.3, 0.4) is 0 Å². The van der Waals surface area contributed by atoms with E-state index in [-0.39, 0.29) is 26.4 Å². The van der Waals surface area contributed by atoms with Gasteiger partial charge in [0.15, 0.2) is 17.4 Å². The summed E-state index contributed by atoms with van der Waals surface area (Å²) in [4.78, 5) is 11.5. The molecule has 0 heterocycles. The smallest absolute Gasteiger partial charge is 0.254 e. The van der Waals surface area contributed by atoms with Gasteiger partial charge in [-0.15, -0.1) is 0 Å². The van der Waals surface area contributed by atoms with Crippen LogP contribution >= 0.6 is 0 Å². The number of aromatic hydroxyl groups is 1. The second-order valence-corrected chi connectivity index (χ2v) is 3.83. The van der Waals surface area contributed by atoms with Gasteiger partial charge in [-0.05, 0) is 12.5 Å². The summed E-state index contributed by atoms with van der Waals surface area (Å²) in [5.74, 6) is -7.27. The number of carbonyl (C=O) groups is 1. The molecular weight excluding hydrogens is 279 g/mol. The summed E-state index contributed by atoms with van der Waals surface area (Å²) in [5, 5.41) is 19.7. The predicted molar refractivity (Wildman–Crippen MR) is 62.8 cm³/mol. The highest BCUT2D eigenvalue weighted by atomic mass is 19.2. The highest BCUT2D eigenvalue weighted by Crippen LogP contribution is 2.25. The second kappa shape index (κ2) is 7.71. The standard InChI is InChI=1S/C12H14F3NO4/c13-8-6-7(9(14)11(18)10(8)15)12(19)16-2-1-4-20-5-3-17/h6,17-18H,1-5H2,(H,16,19). The van der Waals surface area contributed by atoms with Crippen molar-refractivity contribution < 1.29 is 32.9 Å². The number of benzene rings is 1. The molecule has 112 valence electrons. The second-order valence-electron chi connectivity index (χ2n) is 3.83. The fourth-order valence-electron chi connectivity index (χ4n) is 1.39. The summed E-state index contributed by atoms with van der Waals surface area (Å²) in [6.45, 7) is 0.432. The van der Waals surface area contributed by atoms with Crippen LogP contribution in [0.15, 0.2) is 6.07 Å². The largest absolute Gasteiger partial charge is 0.503 e. The minimum Gasteiger partial charge on any atom is -0.503 e. The molecule has 8 heteroatoms. The average molecular weight is 293 g/mol. The Labute approximate surface area is 113 Å². The Balaban J connectivity index is 2.56. The molecule has 0 saturated heterocycles. The number of hydrogen-bond donors (Lipinski definition) is 3. The fraction of sp³-hybridized carbons (Fsp3) is 0.417. The lowest BCUT2D eigenvalue weighted by molar-refractivity contribution is 0.0865. The molecule has 0 unspecified atom stereocenters. The molecule has 0 aliphatic rings. The van der Waals surface area contributed by atoms with Gasteiger partial charge in [0.1, 0.15) is 0 Å². The predicted octanol–water partition coefficient (Wildman–Crippen LogP) is 0.938. The van der Waals surface area contributed by atoms with Crippen LogP contribution in [0.1, 0.15) is 16.8 Å². The van der Waals surface area contributed by atoms with E-state index in [2.05, 4.69) is 5.32 Å². The molecule has 1 aromatic rings. The van der Waals surface area contributed by atoms with E-state index in [9.17, 15) is 18.0 Å². The zero-order chi connectivity index (χ0) is 15.1. The number of nitrogens with one attached hydrogen (secondary N) is 1. The molecule has 0 bridgehead atoms. The van der Waals surface area contributed by atoms with E-state index in [0.717, 1.165) is 0 Å². The van der Waals surface area contributed by atoms with Crippen molar-refractivity contribution in [1.29, 1.82) is 0 Å². The van der Waals surface area contributed by atoms with E-state index in [0.29, 0.717) is 12.5 Å². The Hall–Kier alpha value is -1.80. The number of rotatable bonds is 7. The average Bonchev–Trinajstić information content (AvgIpc) is 2.44. The van der Waals surface area contributed by atoms with Crippen LogP contribution in [0.5, 0.6) is 5.75 Å². The van der Waals surface area contributed by atoms with Crippen molar-refractivity contribution in [2.24, 2.45) is 0 Å². The highest BCUT2D eigenvalue weighted by Gasteiger charge is 2.22. The number of aliphatic hydroxyl groups excluding tert-OH is 1. The first kappa shape index (κ1) is 16.3. The normalized spacial score (nSPS) is 10.6. The van der Waals surface area contributed by atoms with Crippen LogP contribution < -0.4 is 5.32 Å². The zero-order valence-corrected chi connectivity index (χ0v) is 10.5. The molecule has 0 saturated carbocycles. The van der Waals surface area contributed by atoms with Crippen molar-refractivity contribution in [3.63, 3.8) is 0 Å². The zero-order valence-electron chi connectivity index (χ0n) is 10.5. The molecule has 0 aliphatic carbocycles. The van der Waals surface area contributed by atoms with Gasteiger partial charge >= 0.3 is 0 Å². The van der Waals surface area contributed by atoms with Gasteiger partial charge < -0.3 is 20.3 Å². The quantitative estimate of drug-likeness (QED) is 0.516. The molecule has 0 spiro atoms. The summed E-state index contributed by atoms with van der Waals surface area (Å²) in [7, 11) is 0. The molecular formula is C12H14F3NO4. The maximum Gasteiger partial charge on any atom is 0.254 e. The van der Waals surface area contributed by atoms with E-state index in [1.54, 1.807) is 0 Å². The first-order valence-corrected chi connectivity index (χ1v) is 5.82. The third kappa shape index (κ3) is 4.10. The molecule has 3 N–H and O–H groups in total. The van der Waals surface area contributed by atoms with Crippen LogP contribution in [0, 0.1) is 17.5 Å². The number of amides is 1. The molecule has 1 rings (SSSR count). The molecule has 1 amide bonds. The SMILES string of the molecule is O=C(NCCCOCCO)c1cc(F)c(F)c(O)c1F. The van der Waals surface area contributed by atoms with E-state index in [1.807, 2.05) is 0 Å². The Bertz CT molecular complexity index is 482. The molecule has 1 aromatic carbocycles. The third-order valence-corrected chi connectivity index (χ3v) is 2.36. The molecule has 0 aromatic heterocycles. The third-order valence-electron chi connectivity index (χ3n) is 2.36. The summed E-state index contributed by atoms with van der Waals surface area (Å²) in [6.07, 6.45) is 0.392. The summed E-state index contributed by atoms with van der Waals surface area (Å²) in [6, 6.07) is 0.377. The van der Waals surface area contributed by atoms with Gasteiger partial charge in [-0.2, -0.15) is 4.39 Å². The van der Waals surface area contributed by atoms with Gasteiger partial charge in [0.25, 0.3) is 5.91 Å². The number of hydrogen-bond acceptors (Lipinski definition) is 4. The van der Waals surface area contributed by atoms with Gasteiger partial charge in [0, 0.05) is 13.2 Å². The van der Waals surface area contributed by atoms with Crippen LogP contribution in [0.4, 0.5) is 13.2 Å². The van der Waals surface area contributed by atoms with Gasteiger partial charge in [-0.3, -0.25) is 4.79 Å². The lowest BCUT2D eigenvalue weighted by Gasteiger charge is -2.08. The number of ether oxygens (including phenoxy) is 1. The lowest BCUT2D eigenvalue weighted by Crippen LogP contribution is -2.26. The minimum atomic E-state index is -1.74. The number of halogens is 3. The Morgan fingerprint density at radius 3 is 2.60 bits per heavy atom.